The fourth-order valence-electron chi connectivity index (χ4n) is 2.89. The molecule has 2 heteroatoms. The molecule has 2 aromatic carbocycles. The molecule has 0 aliphatic rings. The van der Waals surface area contributed by atoms with Crippen molar-refractivity contribution < 1.29 is 0 Å². The van der Waals surface area contributed by atoms with E-state index >= 15 is 0 Å². The molecule has 0 N–H and O–H groups in total. The summed E-state index contributed by atoms with van der Waals surface area (Å²) in [7, 11) is 2.02. The van der Waals surface area contributed by atoms with Gasteiger partial charge in [-0.2, -0.15) is 5.10 Å². The van der Waals surface area contributed by atoms with Gasteiger partial charge in [0.2, 0.25) is 0 Å². The van der Waals surface area contributed by atoms with Crippen molar-refractivity contribution in [1.82, 2.24) is 9.78 Å². The topological polar surface area (TPSA) is 17.8 Å². The van der Waals surface area contributed by atoms with E-state index in [0.29, 0.717) is 0 Å². The summed E-state index contributed by atoms with van der Waals surface area (Å²) in [6, 6.07) is 17.1. The van der Waals surface area contributed by atoms with Crippen LogP contribution < -0.4 is 0 Å². The van der Waals surface area contributed by atoms with Gasteiger partial charge in [-0.25, -0.2) is 0 Å². The van der Waals surface area contributed by atoms with Crippen LogP contribution in [0.15, 0.2) is 48.5 Å². The van der Waals surface area contributed by atoms with Crippen molar-refractivity contribution >= 4 is 0 Å². The fourth-order valence-corrected chi connectivity index (χ4v) is 2.89. The highest BCUT2D eigenvalue weighted by molar-refractivity contribution is 5.74. The molecule has 0 saturated heterocycles. The molecule has 2 nitrogen and oxygen atoms in total. The van der Waals surface area contributed by atoms with Gasteiger partial charge < -0.3 is 0 Å². The third kappa shape index (κ3) is 2.49. The van der Waals surface area contributed by atoms with Crippen molar-refractivity contribution in [1.29, 1.82) is 0 Å². The molecule has 3 rings (SSSR count). The molecule has 1 heterocycles. The number of rotatable bonds is 2. The average Bonchev–Trinajstić information content (AvgIpc) is 2.74. The summed E-state index contributed by atoms with van der Waals surface area (Å²) in [5.41, 5.74) is 8.42. The molecule has 0 amide bonds. The molecule has 0 atom stereocenters. The SMILES string of the molecule is Cc1cccc(-c2nn(C)c(-c3cccc(C)c3)c2C)c1. The van der Waals surface area contributed by atoms with Crippen molar-refractivity contribution in [3.63, 3.8) is 0 Å². The molecule has 21 heavy (non-hydrogen) atoms. The molecule has 1 aromatic heterocycles. The summed E-state index contributed by atoms with van der Waals surface area (Å²) in [4.78, 5) is 0. The Morgan fingerprint density at radius 2 is 1.38 bits per heavy atom. The highest BCUT2D eigenvalue weighted by atomic mass is 15.3. The van der Waals surface area contributed by atoms with Crippen LogP contribution in [0.1, 0.15) is 16.7 Å². The molecule has 0 fully saturated rings. The molecule has 0 aliphatic carbocycles. The molecule has 0 unspecified atom stereocenters. The third-order valence-electron chi connectivity index (χ3n) is 3.87. The van der Waals surface area contributed by atoms with E-state index in [0.717, 1.165) is 5.69 Å². The van der Waals surface area contributed by atoms with Gasteiger partial charge in [-0.15, -0.1) is 0 Å². The zero-order chi connectivity index (χ0) is 15.0. The zero-order valence-corrected chi connectivity index (χ0v) is 13.0. The van der Waals surface area contributed by atoms with Gasteiger partial charge in [-0.1, -0.05) is 47.5 Å². The second-order valence-corrected chi connectivity index (χ2v) is 5.68. The third-order valence-corrected chi connectivity index (χ3v) is 3.87. The maximum absolute atomic E-state index is 4.74. The Morgan fingerprint density at radius 1 is 0.810 bits per heavy atom. The largest absolute Gasteiger partial charge is 0.267 e. The summed E-state index contributed by atoms with van der Waals surface area (Å²) in [5, 5.41) is 4.74. The van der Waals surface area contributed by atoms with E-state index < -0.39 is 0 Å². The van der Waals surface area contributed by atoms with Crippen LogP contribution in [0.3, 0.4) is 0 Å². The first-order chi connectivity index (χ1) is 10.1. The normalized spacial score (nSPS) is 10.9. The molecule has 0 radical (unpaired) electrons. The van der Waals surface area contributed by atoms with Crippen LogP contribution in [0, 0.1) is 20.8 Å². The van der Waals surface area contributed by atoms with Gasteiger partial charge in [0.25, 0.3) is 0 Å². The van der Waals surface area contributed by atoms with Gasteiger partial charge in [-0.3, -0.25) is 4.68 Å². The molecular formula is C19H20N2. The van der Waals surface area contributed by atoms with E-state index in [4.69, 9.17) is 5.10 Å². The second kappa shape index (κ2) is 5.21. The fraction of sp³-hybridized carbons (Fsp3) is 0.211. The Labute approximate surface area is 126 Å². The predicted octanol–water partition coefficient (Wildman–Crippen LogP) is 4.68. The monoisotopic (exact) mass is 276 g/mol. The zero-order valence-electron chi connectivity index (χ0n) is 13.0. The van der Waals surface area contributed by atoms with Crippen molar-refractivity contribution in [2.24, 2.45) is 7.05 Å². The van der Waals surface area contributed by atoms with Crippen molar-refractivity contribution in [3.8, 4) is 22.5 Å². The lowest BCUT2D eigenvalue weighted by Crippen LogP contribution is -1.94. The van der Waals surface area contributed by atoms with E-state index in [1.807, 2.05) is 11.7 Å². The number of hydrogen-bond acceptors (Lipinski definition) is 1. The van der Waals surface area contributed by atoms with Crippen LogP contribution >= 0.6 is 0 Å². The maximum atomic E-state index is 4.74. The average molecular weight is 276 g/mol. The Balaban J connectivity index is 2.17. The lowest BCUT2D eigenvalue weighted by atomic mass is 10.0. The van der Waals surface area contributed by atoms with Crippen molar-refractivity contribution in [2.45, 2.75) is 20.8 Å². The Kier molecular flexibility index (Phi) is 3.38. The number of nitrogens with zero attached hydrogens (tertiary/aromatic N) is 2. The number of aromatic nitrogens is 2. The van der Waals surface area contributed by atoms with Crippen molar-refractivity contribution in [2.75, 3.05) is 0 Å². The predicted molar refractivity (Wildman–Crippen MR) is 88.3 cm³/mol. The summed E-state index contributed by atoms with van der Waals surface area (Å²) < 4.78 is 1.99. The molecular weight excluding hydrogens is 256 g/mol. The van der Waals surface area contributed by atoms with Crippen molar-refractivity contribution in [3.05, 3.63) is 65.2 Å². The van der Waals surface area contributed by atoms with E-state index in [2.05, 4.69) is 69.3 Å². The molecule has 0 spiro atoms. The van der Waals surface area contributed by atoms with E-state index in [1.165, 1.54) is 33.5 Å². The quantitative estimate of drug-likeness (QED) is 0.664. The van der Waals surface area contributed by atoms with Crippen LogP contribution in [-0.2, 0) is 7.05 Å². The lowest BCUT2D eigenvalue weighted by molar-refractivity contribution is 0.778. The first kappa shape index (κ1) is 13.6. The van der Waals surface area contributed by atoms with Gasteiger partial charge >= 0.3 is 0 Å². The van der Waals surface area contributed by atoms with Crippen LogP contribution in [0.2, 0.25) is 0 Å². The first-order valence-corrected chi connectivity index (χ1v) is 7.24. The molecule has 106 valence electrons. The van der Waals surface area contributed by atoms with Crippen LogP contribution in [0.5, 0.6) is 0 Å². The van der Waals surface area contributed by atoms with Gasteiger partial charge in [0, 0.05) is 23.7 Å². The minimum Gasteiger partial charge on any atom is -0.267 e. The van der Waals surface area contributed by atoms with Gasteiger partial charge in [0.1, 0.15) is 0 Å². The maximum Gasteiger partial charge on any atom is 0.0958 e. The standard InChI is InChI=1S/C19H20N2/c1-13-7-5-9-16(11-13)18-15(3)19(21(4)20-18)17-10-6-8-14(2)12-17/h5-12H,1-4H3. The van der Waals surface area contributed by atoms with Crippen LogP contribution in [0.4, 0.5) is 0 Å². The highest BCUT2D eigenvalue weighted by Crippen LogP contribution is 2.31. The summed E-state index contributed by atoms with van der Waals surface area (Å²) in [6.07, 6.45) is 0. The van der Waals surface area contributed by atoms with E-state index in [1.54, 1.807) is 0 Å². The Hall–Kier alpha value is -2.35. The lowest BCUT2D eigenvalue weighted by Gasteiger charge is -2.05. The minimum absolute atomic E-state index is 1.07. The minimum atomic E-state index is 1.07. The van der Waals surface area contributed by atoms with Gasteiger partial charge in [0.05, 0.1) is 11.4 Å². The molecule has 0 aliphatic heterocycles. The van der Waals surface area contributed by atoms with E-state index in [-0.39, 0.29) is 0 Å². The summed E-state index contributed by atoms with van der Waals surface area (Å²) in [5.74, 6) is 0. The smallest absolute Gasteiger partial charge is 0.0958 e. The molecule has 0 saturated carbocycles. The Morgan fingerprint density at radius 3 is 2.00 bits per heavy atom. The first-order valence-electron chi connectivity index (χ1n) is 7.24. The Bertz CT molecular complexity index is 797. The van der Waals surface area contributed by atoms with Gasteiger partial charge in [-0.05, 0) is 32.9 Å². The van der Waals surface area contributed by atoms with E-state index in [9.17, 15) is 0 Å². The summed E-state index contributed by atoms with van der Waals surface area (Å²) >= 11 is 0. The molecule has 0 bridgehead atoms. The number of hydrogen-bond donors (Lipinski definition) is 0. The van der Waals surface area contributed by atoms with Gasteiger partial charge in [0.15, 0.2) is 0 Å². The summed E-state index contributed by atoms with van der Waals surface area (Å²) in [6.45, 7) is 6.39. The number of aryl methyl sites for hydroxylation is 3. The molecule has 3 aromatic rings. The van der Waals surface area contributed by atoms with Crippen LogP contribution in [-0.4, -0.2) is 9.78 Å². The highest BCUT2D eigenvalue weighted by Gasteiger charge is 2.15. The number of benzene rings is 2. The second-order valence-electron chi connectivity index (χ2n) is 5.68. The van der Waals surface area contributed by atoms with Crippen LogP contribution in [0.25, 0.3) is 22.5 Å².